The zero-order chi connectivity index (χ0) is 22.5. The van der Waals surface area contributed by atoms with Crippen molar-refractivity contribution in [1.82, 2.24) is 0 Å². The molecule has 2 aromatic carbocycles. The van der Waals surface area contributed by atoms with Crippen LogP contribution in [0.3, 0.4) is 0 Å². The number of benzene rings is 2. The molecular formula is C20H14Cl3F3N4. The van der Waals surface area contributed by atoms with Crippen LogP contribution in [-0.2, 0) is 0 Å². The molecule has 30 heavy (non-hydrogen) atoms. The molecule has 1 unspecified atom stereocenters. The summed E-state index contributed by atoms with van der Waals surface area (Å²) in [6, 6.07) is 7.25. The van der Waals surface area contributed by atoms with E-state index in [1.165, 1.54) is 18.5 Å². The maximum atomic E-state index is 13.7. The van der Waals surface area contributed by atoms with Gasteiger partial charge in [-0.15, -0.1) is 0 Å². The highest BCUT2D eigenvalue weighted by atomic mass is 35.5. The third-order valence-electron chi connectivity index (χ3n) is 3.98. The molecule has 0 fully saturated rings. The summed E-state index contributed by atoms with van der Waals surface area (Å²) in [5, 5.41) is 9.19. The van der Waals surface area contributed by atoms with Crippen LogP contribution in [0.1, 0.15) is 28.2 Å². The number of halogens is 6. The summed E-state index contributed by atoms with van der Waals surface area (Å²) in [4.78, 5) is 7.67. The van der Waals surface area contributed by atoms with Gasteiger partial charge in [0, 0.05) is 0 Å². The van der Waals surface area contributed by atoms with Gasteiger partial charge in [0.2, 0.25) is 0 Å². The van der Waals surface area contributed by atoms with Crippen molar-refractivity contribution in [1.29, 1.82) is 5.26 Å². The molecule has 0 aliphatic heterocycles. The standard InChI is InChI=1S/C20H14Cl3F3N4/c1-11-4-12(5-14(8-27)19(11)30-10-29-9-28)2-3-15(20(24,25)26)13-6-16(21)18(23)17(22)7-13/h2-7,9-10,15H,1H3,(H2,28,29,30)/b3-2+. The molecule has 0 saturated heterocycles. The smallest absolute Gasteiger partial charge is 0.390 e. The normalized spacial score (nSPS) is 13.4. The predicted molar refractivity (Wildman–Crippen MR) is 116 cm³/mol. The number of allylic oxidation sites excluding steroid dienone is 1. The molecule has 10 heteroatoms. The minimum absolute atomic E-state index is 0.0172. The van der Waals surface area contributed by atoms with E-state index in [-0.39, 0.29) is 26.2 Å². The van der Waals surface area contributed by atoms with E-state index in [2.05, 4.69) is 9.98 Å². The van der Waals surface area contributed by atoms with Crippen molar-refractivity contribution in [3.63, 3.8) is 0 Å². The Balaban J connectivity index is 2.48. The predicted octanol–water partition coefficient (Wildman–Crippen LogP) is 6.83. The van der Waals surface area contributed by atoms with Gasteiger partial charge in [0.1, 0.15) is 12.4 Å². The summed E-state index contributed by atoms with van der Waals surface area (Å²) in [5.74, 6) is -1.98. The highest BCUT2D eigenvalue weighted by Gasteiger charge is 2.39. The average Bonchev–Trinajstić information content (AvgIpc) is 2.66. The topological polar surface area (TPSA) is 74.5 Å². The van der Waals surface area contributed by atoms with Crippen LogP contribution in [0.5, 0.6) is 0 Å². The fourth-order valence-corrected chi connectivity index (χ4v) is 3.27. The fraction of sp³-hybridized carbons (Fsp3) is 0.150. The zero-order valence-electron chi connectivity index (χ0n) is 15.4. The van der Waals surface area contributed by atoms with Crippen molar-refractivity contribution in [3.05, 3.63) is 67.7 Å². The van der Waals surface area contributed by atoms with Gasteiger partial charge in [-0.05, 0) is 47.9 Å². The Labute approximate surface area is 186 Å². The van der Waals surface area contributed by atoms with Gasteiger partial charge in [-0.2, -0.15) is 18.4 Å². The van der Waals surface area contributed by atoms with Crippen LogP contribution in [0, 0.1) is 18.3 Å². The summed E-state index contributed by atoms with van der Waals surface area (Å²) in [6.07, 6.45) is -0.156. The van der Waals surface area contributed by atoms with E-state index >= 15 is 0 Å². The van der Waals surface area contributed by atoms with Crippen molar-refractivity contribution in [2.75, 3.05) is 0 Å². The number of nitrogens with zero attached hydrogens (tertiary/aromatic N) is 3. The Morgan fingerprint density at radius 1 is 1.13 bits per heavy atom. The molecule has 0 aliphatic carbocycles. The largest absolute Gasteiger partial charge is 0.399 e. The summed E-state index contributed by atoms with van der Waals surface area (Å²) in [5.41, 5.74) is 6.48. The average molecular weight is 474 g/mol. The quantitative estimate of drug-likeness (QED) is 0.293. The molecule has 0 bridgehead atoms. The minimum atomic E-state index is -4.60. The van der Waals surface area contributed by atoms with Crippen LogP contribution < -0.4 is 5.73 Å². The van der Waals surface area contributed by atoms with Crippen LogP contribution in [0.25, 0.3) is 6.08 Å². The Hall–Kier alpha value is -2.53. The van der Waals surface area contributed by atoms with E-state index in [1.807, 2.05) is 6.07 Å². The van der Waals surface area contributed by atoms with E-state index in [9.17, 15) is 18.4 Å². The second-order valence-corrected chi connectivity index (χ2v) is 7.26. The number of alkyl halides is 3. The first kappa shape index (κ1) is 23.7. The summed E-state index contributed by atoms with van der Waals surface area (Å²) < 4.78 is 41.0. The van der Waals surface area contributed by atoms with E-state index in [4.69, 9.17) is 40.5 Å². The first-order chi connectivity index (χ1) is 14.1. The fourth-order valence-electron chi connectivity index (χ4n) is 2.66. The third kappa shape index (κ3) is 5.76. The maximum absolute atomic E-state index is 13.7. The molecule has 0 saturated carbocycles. The Kier molecular flexibility index (Phi) is 7.90. The monoisotopic (exact) mass is 472 g/mol. The zero-order valence-corrected chi connectivity index (χ0v) is 17.7. The third-order valence-corrected chi connectivity index (χ3v) is 5.18. The second-order valence-electron chi connectivity index (χ2n) is 6.07. The lowest BCUT2D eigenvalue weighted by Crippen LogP contribution is -2.19. The molecule has 4 nitrogen and oxygen atoms in total. The lowest BCUT2D eigenvalue weighted by atomic mass is 9.96. The van der Waals surface area contributed by atoms with E-state index in [0.717, 1.165) is 24.5 Å². The molecule has 2 rings (SSSR count). The Morgan fingerprint density at radius 2 is 1.77 bits per heavy atom. The summed E-state index contributed by atoms with van der Waals surface area (Å²) >= 11 is 17.6. The second kappa shape index (κ2) is 9.98. The van der Waals surface area contributed by atoms with Crippen LogP contribution in [0.15, 0.2) is 40.3 Å². The molecule has 2 aromatic rings. The van der Waals surface area contributed by atoms with Gasteiger partial charge in [-0.3, -0.25) is 0 Å². The first-order valence-corrected chi connectivity index (χ1v) is 9.42. The molecule has 1 atom stereocenters. The number of aryl methyl sites for hydroxylation is 1. The maximum Gasteiger partial charge on any atom is 0.399 e. The van der Waals surface area contributed by atoms with Gasteiger partial charge < -0.3 is 5.73 Å². The van der Waals surface area contributed by atoms with Crippen molar-refractivity contribution >= 4 is 59.2 Å². The van der Waals surface area contributed by atoms with Crippen molar-refractivity contribution in [2.24, 2.45) is 15.7 Å². The van der Waals surface area contributed by atoms with Crippen LogP contribution in [0.4, 0.5) is 18.9 Å². The van der Waals surface area contributed by atoms with Crippen LogP contribution >= 0.6 is 34.8 Å². The van der Waals surface area contributed by atoms with Gasteiger partial charge in [0.25, 0.3) is 0 Å². The first-order valence-electron chi connectivity index (χ1n) is 8.28. The van der Waals surface area contributed by atoms with Crippen molar-refractivity contribution < 1.29 is 13.2 Å². The molecule has 0 spiro atoms. The molecule has 0 heterocycles. The van der Waals surface area contributed by atoms with Crippen molar-refractivity contribution in [3.8, 4) is 6.07 Å². The van der Waals surface area contributed by atoms with Crippen LogP contribution in [-0.4, -0.2) is 18.9 Å². The van der Waals surface area contributed by atoms with Crippen molar-refractivity contribution in [2.45, 2.75) is 19.0 Å². The lowest BCUT2D eigenvalue weighted by molar-refractivity contribution is -0.139. The lowest BCUT2D eigenvalue weighted by Gasteiger charge is -2.18. The van der Waals surface area contributed by atoms with E-state index in [1.54, 1.807) is 13.0 Å². The minimum Gasteiger partial charge on any atom is -0.390 e. The molecule has 2 N–H and O–H groups in total. The number of hydrogen-bond acceptors (Lipinski definition) is 2. The van der Waals surface area contributed by atoms with E-state index < -0.39 is 12.1 Å². The Bertz CT molecular complexity index is 1050. The van der Waals surface area contributed by atoms with Gasteiger partial charge in [0.15, 0.2) is 0 Å². The van der Waals surface area contributed by atoms with Gasteiger partial charge in [-0.1, -0.05) is 47.0 Å². The highest BCUT2D eigenvalue weighted by molar-refractivity contribution is 6.48. The van der Waals surface area contributed by atoms with Gasteiger partial charge in [-0.25, -0.2) is 9.98 Å². The van der Waals surface area contributed by atoms with E-state index in [0.29, 0.717) is 16.8 Å². The molecule has 0 amide bonds. The molecule has 0 aliphatic rings. The number of rotatable bonds is 5. The molecule has 0 aromatic heterocycles. The Morgan fingerprint density at radius 3 is 2.30 bits per heavy atom. The number of aliphatic imine (C=N–C) groups is 2. The van der Waals surface area contributed by atoms with Crippen LogP contribution in [0.2, 0.25) is 15.1 Å². The van der Waals surface area contributed by atoms with Gasteiger partial charge in [0.05, 0.1) is 38.6 Å². The molecular weight excluding hydrogens is 460 g/mol. The summed E-state index contributed by atoms with van der Waals surface area (Å²) in [7, 11) is 0. The highest BCUT2D eigenvalue weighted by Crippen LogP contribution is 2.41. The molecule has 0 radical (unpaired) electrons. The summed E-state index contributed by atoms with van der Waals surface area (Å²) in [6.45, 7) is 1.68. The number of hydrogen-bond donors (Lipinski definition) is 1. The number of nitriles is 1. The number of nitrogens with two attached hydrogens (primary N) is 1. The SMILES string of the molecule is Cc1cc(/C=C/C(c2cc(Cl)c(Cl)c(Cl)c2)C(F)(F)F)cc(C#N)c1N=CN=CN. The molecule has 156 valence electrons. The van der Waals surface area contributed by atoms with Gasteiger partial charge >= 0.3 is 6.18 Å².